The van der Waals surface area contributed by atoms with Crippen LogP contribution in [0.25, 0.3) is 0 Å². The Morgan fingerprint density at radius 3 is 2.29 bits per heavy atom. The Labute approximate surface area is 202 Å². The first-order valence-electron chi connectivity index (χ1n) is 11.8. The van der Waals surface area contributed by atoms with Gasteiger partial charge in [0.2, 0.25) is 11.8 Å². The monoisotopic (exact) mass is 468 g/mol. The van der Waals surface area contributed by atoms with Crippen LogP contribution in [0.5, 0.6) is 5.75 Å². The lowest BCUT2D eigenvalue weighted by molar-refractivity contribution is -0.158. The summed E-state index contributed by atoms with van der Waals surface area (Å²) in [6, 6.07) is 14.4. The van der Waals surface area contributed by atoms with Gasteiger partial charge < -0.3 is 20.1 Å². The molecule has 184 valence electrons. The van der Waals surface area contributed by atoms with E-state index in [-0.39, 0.29) is 30.9 Å². The first-order valence-corrected chi connectivity index (χ1v) is 11.8. The third-order valence-electron chi connectivity index (χ3n) is 5.26. The van der Waals surface area contributed by atoms with Gasteiger partial charge in [0.25, 0.3) is 0 Å². The van der Waals surface area contributed by atoms with Crippen LogP contribution in [-0.4, -0.2) is 30.0 Å². The van der Waals surface area contributed by atoms with E-state index in [1.54, 1.807) is 32.9 Å². The van der Waals surface area contributed by atoms with Crippen molar-refractivity contribution in [2.45, 2.75) is 71.9 Å². The number of amides is 2. The van der Waals surface area contributed by atoms with Crippen molar-refractivity contribution in [3.63, 3.8) is 0 Å². The molecular formula is C27H36N2O5. The molecular weight excluding hydrogens is 432 g/mol. The predicted octanol–water partition coefficient (Wildman–Crippen LogP) is 4.96. The van der Waals surface area contributed by atoms with Gasteiger partial charge in [-0.1, -0.05) is 50.1 Å². The number of unbranched alkanes of at least 4 members (excludes halogenated alkanes) is 1. The van der Waals surface area contributed by atoms with E-state index < -0.39 is 11.6 Å². The number of para-hydroxylation sites is 1. The van der Waals surface area contributed by atoms with Crippen molar-refractivity contribution in [3.05, 3.63) is 59.7 Å². The van der Waals surface area contributed by atoms with Gasteiger partial charge in [-0.25, -0.2) is 4.79 Å². The van der Waals surface area contributed by atoms with Gasteiger partial charge >= 0.3 is 5.97 Å². The highest BCUT2D eigenvalue weighted by molar-refractivity contribution is 5.90. The van der Waals surface area contributed by atoms with Crippen molar-refractivity contribution < 1.29 is 23.9 Å². The lowest BCUT2D eigenvalue weighted by atomic mass is 9.98. The highest BCUT2D eigenvalue weighted by Gasteiger charge is 2.31. The lowest BCUT2D eigenvalue weighted by Gasteiger charge is -2.24. The molecule has 7 heteroatoms. The van der Waals surface area contributed by atoms with E-state index in [0.29, 0.717) is 11.4 Å². The summed E-state index contributed by atoms with van der Waals surface area (Å²) in [5, 5.41) is 5.99. The van der Waals surface area contributed by atoms with Gasteiger partial charge in [0, 0.05) is 12.6 Å². The molecule has 2 aromatic rings. The molecule has 0 spiro atoms. The minimum atomic E-state index is -1.11. The van der Waals surface area contributed by atoms with Gasteiger partial charge in [-0.15, -0.1) is 0 Å². The minimum absolute atomic E-state index is 0.112. The fourth-order valence-corrected chi connectivity index (χ4v) is 3.57. The quantitative estimate of drug-likeness (QED) is 0.430. The Morgan fingerprint density at radius 2 is 1.68 bits per heavy atom. The van der Waals surface area contributed by atoms with Gasteiger partial charge in [-0.05, 0) is 56.5 Å². The van der Waals surface area contributed by atoms with E-state index in [4.69, 9.17) is 9.47 Å². The summed E-state index contributed by atoms with van der Waals surface area (Å²) in [4.78, 5) is 36.5. The van der Waals surface area contributed by atoms with E-state index in [9.17, 15) is 14.4 Å². The van der Waals surface area contributed by atoms with Gasteiger partial charge in [0.1, 0.15) is 5.75 Å². The van der Waals surface area contributed by atoms with Crippen molar-refractivity contribution >= 4 is 23.5 Å². The number of esters is 1. The van der Waals surface area contributed by atoms with Crippen LogP contribution in [0.4, 0.5) is 5.69 Å². The second-order valence-electron chi connectivity index (χ2n) is 8.68. The number of ether oxygens (including phenoxy) is 2. The SMILES string of the molecule is CCCCC(NC(=O)Cc1ccc(OC(C)(C)C(=O)OCC)cc1)c1ccccc1NC(C)=O. The molecule has 0 saturated heterocycles. The molecule has 2 amide bonds. The highest BCUT2D eigenvalue weighted by Crippen LogP contribution is 2.27. The van der Waals surface area contributed by atoms with Crippen molar-refractivity contribution in [1.29, 1.82) is 0 Å². The third kappa shape index (κ3) is 8.21. The van der Waals surface area contributed by atoms with Crippen molar-refractivity contribution in [2.75, 3.05) is 11.9 Å². The molecule has 0 aliphatic carbocycles. The van der Waals surface area contributed by atoms with E-state index in [0.717, 1.165) is 30.4 Å². The van der Waals surface area contributed by atoms with Crippen LogP contribution >= 0.6 is 0 Å². The van der Waals surface area contributed by atoms with Gasteiger partial charge in [-0.2, -0.15) is 0 Å². The maximum absolute atomic E-state index is 12.9. The van der Waals surface area contributed by atoms with Crippen LogP contribution in [0.1, 0.15) is 71.0 Å². The average molecular weight is 469 g/mol. The molecule has 2 N–H and O–H groups in total. The fourth-order valence-electron chi connectivity index (χ4n) is 3.57. The number of carbonyl (C=O) groups excluding carboxylic acids is 3. The van der Waals surface area contributed by atoms with Crippen molar-refractivity contribution in [3.8, 4) is 5.75 Å². The highest BCUT2D eigenvalue weighted by atomic mass is 16.6. The third-order valence-corrected chi connectivity index (χ3v) is 5.26. The molecule has 0 aliphatic heterocycles. The van der Waals surface area contributed by atoms with E-state index >= 15 is 0 Å². The summed E-state index contributed by atoms with van der Waals surface area (Å²) < 4.78 is 10.8. The normalized spacial score (nSPS) is 11.9. The predicted molar refractivity (Wildman–Crippen MR) is 133 cm³/mol. The topological polar surface area (TPSA) is 93.7 Å². The summed E-state index contributed by atoms with van der Waals surface area (Å²) in [5.41, 5.74) is 1.32. The van der Waals surface area contributed by atoms with Crippen LogP contribution < -0.4 is 15.4 Å². The molecule has 0 heterocycles. The standard InChI is InChI=1S/C27H36N2O5/c1-6-8-12-24(22-11-9-10-13-23(22)28-19(3)30)29-25(31)18-20-14-16-21(17-15-20)34-27(4,5)26(32)33-7-2/h9-11,13-17,24H,6-8,12,18H2,1-5H3,(H,28,30)(H,29,31). The summed E-state index contributed by atoms with van der Waals surface area (Å²) in [7, 11) is 0. The molecule has 2 rings (SSSR count). The van der Waals surface area contributed by atoms with Gasteiger partial charge in [0.15, 0.2) is 5.60 Å². The molecule has 1 unspecified atom stereocenters. The molecule has 0 bridgehead atoms. The maximum Gasteiger partial charge on any atom is 0.349 e. The molecule has 0 aliphatic rings. The zero-order valence-corrected chi connectivity index (χ0v) is 20.8. The Morgan fingerprint density at radius 1 is 1.00 bits per heavy atom. The number of carbonyl (C=O) groups is 3. The smallest absolute Gasteiger partial charge is 0.349 e. The zero-order chi connectivity index (χ0) is 25.1. The lowest BCUT2D eigenvalue weighted by Crippen LogP contribution is -2.39. The number of hydrogen-bond acceptors (Lipinski definition) is 5. The molecule has 0 saturated carbocycles. The second kappa shape index (κ2) is 12.8. The maximum atomic E-state index is 12.9. The van der Waals surface area contributed by atoms with Crippen LogP contribution in [-0.2, 0) is 25.5 Å². The van der Waals surface area contributed by atoms with E-state index in [1.165, 1.54) is 6.92 Å². The summed E-state index contributed by atoms with van der Waals surface area (Å²) in [5.74, 6) is -0.177. The number of nitrogens with one attached hydrogen (secondary N) is 2. The first kappa shape index (κ1) is 26.9. The van der Waals surface area contributed by atoms with Crippen LogP contribution in [0.3, 0.4) is 0 Å². The molecule has 0 radical (unpaired) electrons. The fraction of sp³-hybridized carbons (Fsp3) is 0.444. The molecule has 7 nitrogen and oxygen atoms in total. The van der Waals surface area contributed by atoms with Crippen LogP contribution in [0.2, 0.25) is 0 Å². The van der Waals surface area contributed by atoms with E-state index in [2.05, 4.69) is 17.6 Å². The average Bonchev–Trinajstić information content (AvgIpc) is 2.78. The molecule has 0 aromatic heterocycles. The number of benzene rings is 2. The Hall–Kier alpha value is -3.35. The Kier molecular flexibility index (Phi) is 10.1. The number of hydrogen-bond donors (Lipinski definition) is 2. The molecule has 0 fully saturated rings. The largest absolute Gasteiger partial charge is 0.476 e. The van der Waals surface area contributed by atoms with Crippen LogP contribution in [0.15, 0.2) is 48.5 Å². The van der Waals surface area contributed by atoms with Crippen molar-refractivity contribution in [2.24, 2.45) is 0 Å². The summed E-state index contributed by atoms with van der Waals surface area (Å²) >= 11 is 0. The second-order valence-corrected chi connectivity index (χ2v) is 8.68. The Balaban J connectivity index is 2.07. The van der Waals surface area contributed by atoms with Crippen molar-refractivity contribution in [1.82, 2.24) is 5.32 Å². The molecule has 1 atom stereocenters. The zero-order valence-electron chi connectivity index (χ0n) is 20.8. The minimum Gasteiger partial charge on any atom is -0.476 e. The van der Waals surface area contributed by atoms with Gasteiger partial charge in [0.05, 0.1) is 19.1 Å². The summed E-state index contributed by atoms with van der Waals surface area (Å²) in [6.45, 7) is 8.92. The first-order chi connectivity index (χ1) is 16.2. The van der Waals surface area contributed by atoms with Gasteiger partial charge in [-0.3, -0.25) is 9.59 Å². The van der Waals surface area contributed by atoms with Crippen LogP contribution in [0, 0.1) is 0 Å². The van der Waals surface area contributed by atoms with E-state index in [1.807, 2.05) is 36.4 Å². The number of rotatable bonds is 12. The number of anilines is 1. The molecule has 2 aromatic carbocycles. The summed E-state index contributed by atoms with van der Waals surface area (Å²) in [6.07, 6.45) is 2.92. The Bertz CT molecular complexity index is 969. The molecule has 34 heavy (non-hydrogen) atoms.